The Morgan fingerprint density at radius 1 is 1.44 bits per heavy atom. The summed E-state index contributed by atoms with van der Waals surface area (Å²) in [7, 11) is 0. The summed E-state index contributed by atoms with van der Waals surface area (Å²) >= 11 is 5.98. The van der Waals surface area contributed by atoms with E-state index in [1.807, 2.05) is 0 Å². The molecule has 3 atom stereocenters. The molecular formula is C14H17ClN2O. The van der Waals surface area contributed by atoms with Gasteiger partial charge in [0.15, 0.2) is 0 Å². The number of hydrogen-bond donors (Lipinski definition) is 1. The molecule has 0 saturated heterocycles. The Labute approximate surface area is 112 Å². The summed E-state index contributed by atoms with van der Waals surface area (Å²) in [5.74, 6) is 2.32. The van der Waals surface area contributed by atoms with Gasteiger partial charge in [0.2, 0.25) is 0 Å². The molecule has 2 aliphatic rings. The SMILES string of the molecule is O=C(NCC1CC2CCC1C2)c1cnccc1Cl. The summed E-state index contributed by atoms with van der Waals surface area (Å²) in [5, 5.41) is 3.47. The number of carbonyl (C=O) groups excluding carboxylic acids is 1. The molecule has 0 spiro atoms. The van der Waals surface area contributed by atoms with E-state index in [-0.39, 0.29) is 5.91 Å². The van der Waals surface area contributed by atoms with Gasteiger partial charge in [-0.2, -0.15) is 0 Å². The van der Waals surface area contributed by atoms with E-state index in [4.69, 9.17) is 11.6 Å². The van der Waals surface area contributed by atoms with Gasteiger partial charge in [-0.05, 0) is 43.1 Å². The van der Waals surface area contributed by atoms with Crippen LogP contribution < -0.4 is 5.32 Å². The Balaban J connectivity index is 1.57. The monoisotopic (exact) mass is 264 g/mol. The average Bonchev–Trinajstić information content (AvgIpc) is 2.98. The van der Waals surface area contributed by atoms with Crippen LogP contribution in [0.4, 0.5) is 0 Å². The number of nitrogens with zero attached hydrogens (tertiary/aromatic N) is 1. The van der Waals surface area contributed by atoms with E-state index < -0.39 is 0 Å². The molecule has 2 saturated carbocycles. The number of carbonyl (C=O) groups is 1. The third-order valence-electron chi connectivity index (χ3n) is 4.42. The standard InChI is InChI=1S/C14H17ClN2O/c15-13-3-4-16-8-12(13)14(18)17-7-11-6-9-1-2-10(11)5-9/h3-4,8-11H,1-2,5-7H2,(H,17,18). The van der Waals surface area contributed by atoms with Crippen molar-refractivity contribution < 1.29 is 4.79 Å². The molecule has 1 N–H and O–H groups in total. The topological polar surface area (TPSA) is 42.0 Å². The second kappa shape index (κ2) is 4.88. The first-order valence-corrected chi connectivity index (χ1v) is 6.99. The smallest absolute Gasteiger partial charge is 0.254 e. The summed E-state index contributed by atoms with van der Waals surface area (Å²) < 4.78 is 0. The zero-order valence-electron chi connectivity index (χ0n) is 10.2. The van der Waals surface area contributed by atoms with Crippen molar-refractivity contribution in [2.75, 3.05) is 6.54 Å². The number of rotatable bonds is 3. The second-order valence-corrected chi connectivity index (χ2v) is 5.91. The maximum absolute atomic E-state index is 12.0. The highest BCUT2D eigenvalue weighted by molar-refractivity contribution is 6.33. The zero-order valence-corrected chi connectivity index (χ0v) is 11.0. The van der Waals surface area contributed by atoms with E-state index >= 15 is 0 Å². The number of pyridine rings is 1. The molecule has 0 aliphatic heterocycles. The first kappa shape index (κ1) is 12.0. The van der Waals surface area contributed by atoms with Crippen molar-refractivity contribution in [3.05, 3.63) is 29.0 Å². The fourth-order valence-corrected chi connectivity index (χ4v) is 3.68. The molecule has 2 aliphatic carbocycles. The first-order valence-electron chi connectivity index (χ1n) is 6.61. The molecule has 1 aromatic heterocycles. The highest BCUT2D eigenvalue weighted by Gasteiger charge is 2.39. The van der Waals surface area contributed by atoms with Crippen LogP contribution in [0.25, 0.3) is 0 Å². The summed E-state index contributed by atoms with van der Waals surface area (Å²) in [5.41, 5.74) is 0.474. The maximum atomic E-state index is 12.0. The summed E-state index contributed by atoms with van der Waals surface area (Å²) in [6.45, 7) is 0.783. The van der Waals surface area contributed by atoms with Crippen molar-refractivity contribution in [2.24, 2.45) is 17.8 Å². The van der Waals surface area contributed by atoms with Crippen molar-refractivity contribution in [3.63, 3.8) is 0 Å². The van der Waals surface area contributed by atoms with Gasteiger partial charge in [0.1, 0.15) is 0 Å². The Morgan fingerprint density at radius 3 is 3.00 bits per heavy atom. The minimum atomic E-state index is -0.101. The summed E-state index contributed by atoms with van der Waals surface area (Å²) in [6.07, 6.45) is 8.51. The van der Waals surface area contributed by atoms with E-state index in [1.165, 1.54) is 31.9 Å². The van der Waals surface area contributed by atoms with Crippen LogP contribution in [0.1, 0.15) is 36.0 Å². The van der Waals surface area contributed by atoms with Gasteiger partial charge in [-0.1, -0.05) is 18.0 Å². The van der Waals surface area contributed by atoms with Crippen LogP contribution in [-0.4, -0.2) is 17.4 Å². The summed E-state index contributed by atoms with van der Waals surface area (Å²) in [6, 6.07) is 1.65. The molecule has 4 heteroatoms. The average molecular weight is 265 g/mol. The van der Waals surface area contributed by atoms with Crippen LogP contribution in [0.5, 0.6) is 0 Å². The lowest BCUT2D eigenvalue weighted by molar-refractivity contribution is 0.0941. The Bertz CT molecular complexity index is 463. The minimum Gasteiger partial charge on any atom is -0.352 e. The predicted octanol–water partition coefficient (Wildman–Crippen LogP) is 2.90. The van der Waals surface area contributed by atoms with Crippen LogP contribution in [-0.2, 0) is 0 Å². The number of nitrogens with one attached hydrogen (secondary N) is 1. The van der Waals surface area contributed by atoms with Gasteiger partial charge in [0, 0.05) is 18.9 Å². The lowest BCUT2D eigenvalue weighted by Crippen LogP contribution is -2.31. The largest absolute Gasteiger partial charge is 0.352 e. The normalized spacial score (nSPS) is 29.5. The van der Waals surface area contributed by atoms with Gasteiger partial charge in [0.25, 0.3) is 5.91 Å². The molecule has 0 radical (unpaired) electrons. The van der Waals surface area contributed by atoms with Crippen LogP contribution in [0.3, 0.4) is 0 Å². The minimum absolute atomic E-state index is 0.101. The molecule has 2 fully saturated rings. The van der Waals surface area contributed by atoms with Crippen molar-refractivity contribution in [1.29, 1.82) is 0 Å². The van der Waals surface area contributed by atoms with Crippen molar-refractivity contribution in [2.45, 2.75) is 25.7 Å². The molecule has 18 heavy (non-hydrogen) atoms. The zero-order chi connectivity index (χ0) is 12.5. The van der Waals surface area contributed by atoms with Crippen LogP contribution in [0.2, 0.25) is 5.02 Å². The van der Waals surface area contributed by atoms with Crippen LogP contribution in [0, 0.1) is 17.8 Å². The van der Waals surface area contributed by atoms with E-state index in [0.29, 0.717) is 16.5 Å². The van der Waals surface area contributed by atoms with E-state index in [1.54, 1.807) is 12.3 Å². The molecule has 2 bridgehead atoms. The van der Waals surface area contributed by atoms with E-state index in [2.05, 4.69) is 10.3 Å². The second-order valence-electron chi connectivity index (χ2n) is 5.50. The number of amides is 1. The lowest BCUT2D eigenvalue weighted by atomic mass is 9.89. The van der Waals surface area contributed by atoms with Crippen LogP contribution >= 0.6 is 11.6 Å². The molecule has 3 unspecified atom stereocenters. The van der Waals surface area contributed by atoms with Crippen molar-refractivity contribution >= 4 is 17.5 Å². The lowest BCUT2D eigenvalue weighted by Gasteiger charge is -2.21. The van der Waals surface area contributed by atoms with Gasteiger partial charge in [0.05, 0.1) is 10.6 Å². The van der Waals surface area contributed by atoms with Gasteiger partial charge in [-0.15, -0.1) is 0 Å². The molecule has 1 heterocycles. The highest BCUT2D eigenvalue weighted by Crippen LogP contribution is 2.47. The van der Waals surface area contributed by atoms with Gasteiger partial charge >= 0.3 is 0 Å². The fourth-order valence-electron chi connectivity index (χ4n) is 3.49. The third kappa shape index (κ3) is 2.24. The molecule has 0 aromatic carbocycles. The van der Waals surface area contributed by atoms with E-state index in [9.17, 15) is 4.79 Å². The Kier molecular flexibility index (Phi) is 3.25. The van der Waals surface area contributed by atoms with Gasteiger partial charge in [-0.25, -0.2) is 0 Å². The maximum Gasteiger partial charge on any atom is 0.254 e. The van der Waals surface area contributed by atoms with E-state index in [0.717, 1.165) is 18.4 Å². The van der Waals surface area contributed by atoms with Crippen LogP contribution in [0.15, 0.2) is 18.5 Å². The van der Waals surface area contributed by atoms with Gasteiger partial charge in [-0.3, -0.25) is 9.78 Å². The van der Waals surface area contributed by atoms with Crippen molar-refractivity contribution in [3.8, 4) is 0 Å². The first-order chi connectivity index (χ1) is 8.74. The molecule has 1 aromatic rings. The quantitative estimate of drug-likeness (QED) is 0.912. The molecule has 3 rings (SSSR count). The molecule has 3 nitrogen and oxygen atoms in total. The highest BCUT2D eigenvalue weighted by atomic mass is 35.5. The number of halogens is 1. The molecule has 1 amide bonds. The number of fused-ring (bicyclic) bond motifs is 2. The third-order valence-corrected chi connectivity index (χ3v) is 4.75. The number of aromatic nitrogens is 1. The fraction of sp³-hybridized carbons (Fsp3) is 0.571. The van der Waals surface area contributed by atoms with Gasteiger partial charge < -0.3 is 5.32 Å². The summed E-state index contributed by atoms with van der Waals surface area (Å²) in [4.78, 5) is 15.9. The predicted molar refractivity (Wildman–Crippen MR) is 70.5 cm³/mol. The molecule has 96 valence electrons. The van der Waals surface area contributed by atoms with Crippen molar-refractivity contribution in [1.82, 2.24) is 10.3 Å². The Hall–Kier alpha value is -1.09. The Morgan fingerprint density at radius 2 is 2.33 bits per heavy atom. The molecular weight excluding hydrogens is 248 g/mol. The number of hydrogen-bond acceptors (Lipinski definition) is 2.